The molecule has 1 amide bonds. The second kappa shape index (κ2) is 5.30. The SMILES string of the molecule is COc1ccc2c(c1)C(C)(CC(=O)c1ccccc1)NC2=O. The fraction of sp³-hybridized carbons (Fsp3) is 0.222. The Hall–Kier alpha value is -2.62. The van der Waals surface area contributed by atoms with Gasteiger partial charge in [0, 0.05) is 17.5 Å². The third kappa shape index (κ3) is 2.37. The van der Waals surface area contributed by atoms with Gasteiger partial charge < -0.3 is 10.1 Å². The highest BCUT2D eigenvalue weighted by molar-refractivity contribution is 6.03. The minimum Gasteiger partial charge on any atom is -0.497 e. The molecule has 0 bridgehead atoms. The molecule has 1 aliphatic rings. The molecular formula is C18H17NO3. The van der Waals surface area contributed by atoms with E-state index in [2.05, 4.69) is 5.32 Å². The first-order valence-corrected chi connectivity index (χ1v) is 7.13. The van der Waals surface area contributed by atoms with Gasteiger partial charge in [-0.1, -0.05) is 30.3 Å². The van der Waals surface area contributed by atoms with Crippen LogP contribution in [0.1, 0.15) is 39.6 Å². The van der Waals surface area contributed by atoms with E-state index in [1.165, 1.54) is 0 Å². The number of benzene rings is 2. The van der Waals surface area contributed by atoms with Crippen molar-refractivity contribution in [3.8, 4) is 5.75 Å². The number of hydrogen-bond acceptors (Lipinski definition) is 3. The number of ketones is 1. The summed E-state index contributed by atoms with van der Waals surface area (Å²) in [5.41, 5.74) is 1.34. The minimum absolute atomic E-state index is 0.000861. The molecular weight excluding hydrogens is 278 g/mol. The Kier molecular flexibility index (Phi) is 3.45. The Morgan fingerprint density at radius 1 is 1.18 bits per heavy atom. The van der Waals surface area contributed by atoms with Gasteiger partial charge in [-0.25, -0.2) is 0 Å². The maximum absolute atomic E-state index is 12.5. The molecule has 1 aliphatic heterocycles. The summed E-state index contributed by atoms with van der Waals surface area (Å²) in [4.78, 5) is 24.6. The summed E-state index contributed by atoms with van der Waals surface area (Å²) >= 11 is 0. The lowest BCUT2D eigenvalue weighted by molar-refractivity contribution is 0.0894. The Labute approximate surface area is 129 Å². The molecule has 2 aromatic rings. The van der Waals surface area contributed by atoms with Crippen LogP contribution in [0.3, 0.4) is 0 Å². The summed E-state index contributed by atoms with van der Waals surface area (Å²) < 4.78 is 5.23. The van der Waals surface area contributed by atoms with Gasteiger partial charge >= 0.3 is 0 Å². The molecule has 1 N–H and O–H groups in total. The van der Waals surface area contributed by atoms with Gasteiger partial charge in [0.15, 0.2) is 5.78 Å². The van der Waals surface area contributed by atoms with Crippen molar-refractivity contribution in [1.82, 2.24) is 5.32 Å². The quantitative estimate of drug-likeness (QED) is 0.882. The van der Waals surface area contributed by atoms with Gasteiger partial charge in [-0.2, -0.15) is 0 Å². The van der Waals surface area contributed by atoms with E-state index in [1.807, 2.05) is 31.2 Å². The number of nitrogens with one attached hydrogen (secondary N) is 1. The van der Waals surface area contributed by atoms with Crippen molar-refractivity contribution < 1.29 is 14.3 Å². The van der Waals surface area contributed by atoms with Gasteiger partial charge in [0.1, 0.15) is 5.75 Å². The molecule has 3 rings (SSSR count). The lowest BCUT2D eigenvalue weighted by Gasteiger charge is -2.25. The first-order chi connectivity index (χ1) is 10.5. The zero-order valence-electron chi connectivity index (χ0n) is 12.6. The van der Waals surface area contributed by atoms with Crippen LogP contribution in [0.15, 0.2) is 48.5 Å². The molecule has 1 unspecified atom stereocenters. The molecule has 0 aliphatic carbocycles. The largest absolute Gasteiger partial charge is 0.497 e. The van der Waals surface area contributed by atoms with Crippen LogP contribution in [-0.4, -0.2) is 18.8 Å². The van der Waals surface area contributed by atoms with Gasteiger partial charge in [-0.15, -0.1) is 0 Å². The maximum atomic E-state index is 12.5. The molecule has 1 heterocycles. The van der Waals surface area contributed by atoms with Gasteiger partial charge in [0.25, 0.3) is 5.91 Å². The van der Waals surface area contributed by atoms with Crippen LogP contribution in [0.5, 0.6) is 5.75 Å². The topological polar surface area (TPSA) is 55.4 Å². The molecule has 4 heteroatoms. The second-order valence-corrected chi connectivity index (χ2v) is 5.66. The van der Waals surface area contributed by atoms with Crippen molar-refractivity contribution in [1.29, 1.82) is 0 Å². The fourth-order valence-electron chi connectivity index (χ4n) is 2.88. The molecule has 0 saturated carbocycles. The summed E-state index contributed by atoms with van der Waals surface area (Å²) in [5.74, 6) is 0.522. The van der Waals surface area contributed by atoms with Gasteiger partial charge in [-0.05, 0) is 30.7 Å². The highest BCUT2D eigenvalue weighted by atomic mass is 16.5. The van der Waals surface area contributed by atoms with E-state index < -0.39 is 5.54 Å². The van der Waals surface area contributed by atoms with E-state index in [0.29, 0.717) is 16.9 Å². The molecule has 2 aromatic carbocycles. The maximum Gasteiger partial charge on any atom is 0.252 e. The molecule has 0 radical (unpaired) electrons. The van der Waals surface area contributed by atoms with Crippen LogP contribution in [0.2, 0.25) is 0 Å². The predicted octanol–water partition coefficient (Wildman–Crippen LogP) is 2.93. The Morgan fingerprint density at radius 2 is 1.91 bits per heavy atom. The minimum atomic E-state index is -0.714. The van der Waals surface area contributed by atoms with Gasteiger partial charge in [0.2, 0.25) is 0 Å². The van der Waals surface area contributed by atoms with E-state index in [9.17, 15) is 9.59 Å². The van der Waals surface area contributed by atoms with Crippen LogP contribution in [-0.2, 0) is 5.54 Å². The molecule has 0 aromatic heterocycles. The molecule has 1 atom stereocenters. The van der Waals surface area contributed by atoms with E-state index >= 15 is 0 Å². The van der Waals surface area contributed by atoms with Crippen molar-refractivity contribution >= 4 is 11.7 Å². The lowest BCUT2D eigenvalue weighted by Crippen LogP contribution is -2.38. The average molecular weight is 295 g/mol. The van der Waals surface area contributed by atoms with Crippen molar-refractivity contribution in [2.24, 2.45) is 0 Å². The normalized spacial score (nSPS) is 19.5. The highest BCUT2D eigenvalue weighted by Crippen LogP contribution is 2.36. The average Bonchev–Trinajstić information content (AvgIpc) is 2.78. The van der Waals surface area contributed by atoms with Crippen LogP contribution in [0, 0.1) is 0 Å². The number of hydrogen-bond donors (Lipinski definition) is 1. The van der Waals surface area contributed by atoms with Crippen molar-refractivity contribution in [3.05, 3.63) is 65.2 Å². The number of fused-ring (bicyclic) bond motifs is 1. The second-order valence-electron chi connectivity index (χ2n) is 5.66. The van der Waals surface area contributed by atoms with Crippen LogP contribution in [0.4, 0.5) is 0 Å². The van der Waals surface area contributed by atoms with Crippen molar-refractivity contribution in [2.75, 3.05) is 7.11 Å². The number of ether oxygens (including phenoxy) is 1. The summed E-state index contributed by atoms with van der Waals surface area (Å²) in [6, 6.07) is 14.4. The summed E-state index contributed by atoms with van der Waals surface area (Å²) in [6.45, 7) is 1.87. The van der Waals surface area contributed by atoms with Crippen molar-refractivity contribution in [3.63, 3.8) is 0 Å². The standard InChI is InChI=1S/C18H17NO3/c1-18(11-16(20)12-6-4-3-5-7-12)15-10-13(22-2)8-9-14(15)17(21)19-18/h3-10H,11H2,1-2H3,(H,19,21). The van der Waals surface area contributed by atoms with Gasteiger partial charge in [0.05, 0.1) is 12.6 Å². The fourth-order valence-corrected chi connectivity index (χ4v) is 2.88. The number of carbonyl (C=O) groups excluding carboxylic acids is 2. The summed E-state index contributed by atoms with van der Waals surface area (Å²) in [7, 11) is 1.58. The van der Waals surface area contributed by atoms with E-state index in [1.54, 1.807) is 31.4 Å². The number of amides is 1. The molecule has 0 spiro atoms. The van der Waals surface area contributed by atoms with Crippen LogP contribution >= 0.6 is 0 Å². The highest BCUT2D eigenvalue weighted by Gasteiger charge is 2.40. The lowest BCUT2D eigenvalue weighted by atomic mass is 9.86. The number of rotatable bonds is 4. The van der Waals surface area contributed by atoms with E-state index in [-0.39, 0.29) is 18.1 Å². The van der Waals surface area contributed by atoms with Crippen LogP contribution in [0.25, 0.3) is 0 Å². The van der Waals surface area contributed by atoms with E-state index in [0.717, 1.165) is 5.56 Å². The number of methoxy groups -OCH3 is 1. The molecule has 0 fully saturated rings. The van der Waals surface area contributed by atoms with Crippen molar-refractivity contribution in [2.45, 2.75) is 18.9 Å². The Bertz CT molecular complexity index is 739. The third-order valence-electron chi connectivity index (χ3n) is 4.07. The molecule has 4 nitrogen and oxygen atoms in total. The number of Topliss-reactive ketones (excluding diaryl/α,β-unsaturated/α-hetero) is 1. The number of carbonyl (C=O) groups is 2. The predicted molar refractivity (Wildman–Crippen MR) is 83.2 cm³/mol. The molecule has 0 saturated heterocycles. The summed E-state index contributed by atoms with van der Waals surface area (Å²) in [6.07, 6.45) is 0.211. The zero-order chi connectivity index (χ0) is 15.7. The monoisotopic (exact) mass is 295 g/mol. The zero-order valence-corrected chi connectivity index (χ0v) is 12.6. The summed E-state index contributed by atoms with van der Waals surface area (Å²) in [5, 5.41) is 2.93. The Balaban J connectivity index is 1.95. The van der Waals surface area contributed by atoms with E-state index in [4.69, 9.17) is 4.74 Å². The first-order valence-electron chi connectivity index (χ1n) is 7.13. The smallest absolute Gasteiger partial charge is 0.252 e. The molecule has 112 valence electrons. The first kappa shape index (κ1) is 14.3. The third-order valence-corrected chi connectivity index (χ3v) is 4.07. The molecule has 22 heavy (non-hydrogen) atoms. The Morgan fingerprint density at radius 3 is 2.59 bits per heavy atom. The van der Waals surface area contributed by atoms with Gasteiger partial charge in [-0.3, -0.25) is 9.59 Å². The van der Waals surface area contributed by atoms with Crippen LogP contribution < -0.4 is 10.1 Å².